The lowest BCUT2D eigenvalue weighted by molar-refractivity contribution is 0.180. The third-order valence-corrected chi connectivity index (χ3v) is 3.94. The molecule has 0 saturated carbocycles. The molecule has 2 rings (SSSR count). The molecule has 0 aliphatic rings. The van der Waals surface area contributed by atoms with Gasteiger partial charge in [-0.3, -0.25) is 0 Å². The van der Waals surface area contributed by atoms with Gasteiger partial charge < -0.3 is 4.74 Å². The van der Waals surface area contributed by atoms with Gasteiger partial charge in [-0.1, -0.05) is 39.7 Å². The number of ether oxygens (including phenoxy) is 1. The average Bonchev–Trinajstić information content (AvgIpc) is 2.69. The standard InChI is InChI=1S/C13H13BrCl2N2O/c1-19-8-12-11(6-15)13(16)18(17-12)7-9-2-4-10(14)5-3-9/h2-5H,6-8H2,1H3. The van der Waals surface area contributed by atoms with Gasteiger partial charge in [0.1, 0.15) is 5.15 Å². The zero-order chi connectivity index (χ0) is 13.8. The fraction of sp³-hybridized carbons (Fsp3) is 0.308. The summed E-state index contributed by atoms with van der Waals surface area (Å²) in [6, 6.07) is 8.04. The van der Waals surface area contributed by atoms with Gasteiger partial charge in [0.15, 0.2) is 0 Å². The van der Waals surface area contributed by atoms with Crippen molar-refractivity contribution in [3.63, 3.8) is 0 Å². The van der Waals surface area contributed by atoms with Crippen molar-refractivity contribution in [2.24, 2.45) is 0 Å². The third kappa shape index (κ3) is 3.51. The molecule has 102 valence electrons. The highest BCUT2D eigenvalue weighted by Gasteiger charge is 2.15. The number of hydrogen-bond donors (Lipinski definition) is 0. The van der Waals surface area contributed by atoms with Crippen LogP contribution >= 0.6 is 39.1 Å². The van der Waals surface area contributed by atoms with Gasteiger partial charge in [0.05, 0.1) is 24.7 Å². The summed E-state index contributed by atoms with van der Waals surface area (Å²) in [5.74, 6) is 0.331. The van der Waals surface area contributed by atoms with Gasteiger partial charge in [0.25, 0.3) is 0 Å². The highest BCUT2D eigenvalue weighted by Crippen LogP contribution is 2.24. The molecule has 0 amide bonds. The Morgan fingerprint density at radius 3 is 2.58 bits per heavy atom. The van der Waals surface area contributed by atoms with Crippen molar-refractivity contribution in [2.75, 3.05) is 7.11 Å². The van der Waals surface area contributed by atoms with E-state index in [0.717, 1.165) is 21.3 Å². The summed E-state index contributed by atoms with van der Waals surface area (Å²) in [5.41, 5.74) is 2.75. The Labute approximate surface area is 130 Å². The topological polar surface area (TPSA) is 27.1 Å². The van der Waals surface area contributed by atoms with Crippen LogP contribution in [0.5, 0.6) is 0 Å². The molecule has 0 bridgehead atoms. The Morgan fingerprint density at radius 1 is 1.32 bits per heavy atom. The zero-order valence-corrected chi connectivity index (χ0v) is 13.5. The highest BCUT2D eigenvalue weighted by atomic mass is 79.9. The second-order valence-corrected chi connectivity index (χ2v) is 5.61. The summed E-state index contributed by atoms with van der Waals surface area (Å²) >= 11 is 15.6. The van der Waals surface area contributed by atoms with Crippen molar-refractivity contribution in [1.82, 2.24) is 9.78 Å². The highest BCUT2D eigenvalue weighted by molar-refractivity contribution is 9.10. The smallest absolute Gasteiger partial charge is 0.132 e. The van der Waals surface area contributed by atoms with Crippen LogP contribution in [0.4, 0.5) is 0 Å². The van der Waals surface area contributed by atoms with E-state index in [2.05, 4.69) is 21.0 Å². The normalized spacial score (nSPS) is 10.9. The minimum atomic E-state index is 0.331. The molecule has 0 atom stereocenters. The summed E-state index contributed by atoms with van der Waals surface area (Å²) in [4.78, 5) is 0. The average molecular weight is 364 g/mol. The van der Waals surface area contributed by atoms with E-state index < -0.39 is 0 Å². The first-order valence-electron chi connectivity index (χ1n) is 5.69. The maximum atomic E-state index is 6.30. The lowest BCUT2D eigenvalue weighted by Gasteiger charge is -2.04. The van der Waals surface area contributed by atoms with Crippen LogP contribution < -0.4 is 0 Å². The molecule has 3 nitrogen and oxygen atoms in total. The SMILES string of the molecule is COCc1nn(Cc2ccc(Br)cc2)c(Cl)c1CCl. The number of benzene rings is 1. The van der Waals surface area contributed by atoms with E-state index in [1.165, 1.54) is 0 Å². The molecule has 0 radical (unpaired) electrons. The molecule has 1 heterocycles. The van der Waals surface area contributed by atoms with Gasteiger partial charge in [-0.05, 0) is 17.7 Å². The van der Waals surface area contributed by atoms with E-state index in [4.69, 9.17) is 27.9 Å². The maximum Gasteiger partial charge on any atom is 0.132 e. The van der Waals surface area contributed by atoms with Crippen LogP contribution in [0.2, 0.25) is 5.15 Å². The Morgan fingerprint density at radius 2 is 2.00 bits per heavy atom. The molecule has 0 spiro atoms. The van der Waals surface area contributed by atoms with Gasteiger partial charge in [0.2, 0.25) is 0 Å². The molecule has 0 unspecified atom stereocenters. The van der Waals surface area contributed by atoms with Crippen LogP contribution in [-0.2, 0) is 23.8 Å². The first-order chi connectivity index (χ1) is 9.15. The van der Waals surface area contributed by atoms with E-state index in [1.54, 1.807) is 11.8 Å². The fourth-order valence-corrected chi connectivity index (χ4v) is 2.66. The number of aromatic nitrogens is 2. The van der Waals surface area contributed by atoms with Crippen molar-refractivity contribution < 1.29 is 4.74 Å². The monoisotopic (exact) mass is 362 g/mol. The Hall–Kier alpha value is -0.550. The molecule has 1 aromatic carbocycles. The number of halogens is 3. The van der Waals surface area contributed by atoms with Crippen LogP contribution in [0.25, 0.3) is 0 Å². The molecule has 0 aliphatic carbocycles. The van der Waals surface area contributed by atoms with E-state index >= 15 is 0 Å². The van der Waals surface area contributed by atoms with Gasteiger partial charge in [-0.2, -0.15) is 5.10 Å². The quantitative estimate of drug-likeness (QED) is 0.743. The van der Waals surface area contributed by atoms with E-state index in [0.29, 0.717) is 24.2 Å². The van der Waals surface area contributed by atoms with Gasteiger partial charge in [-0.25, -0.2) is 4.68 Å². The van der Waals surface area contributed by atoms with Gasteiger partial charge >= 0.3 is 0 Å². The number of nitrogens with zero attached hydrogens (tertiary/aromatic N) is 2. The summed E-state index contributed by atoms with van der Waals surface area (Å²) in [7, 11) is 1.62. The second kappa shape index (κ2) is 6.75. The lowest BCUT2D eigenvalue weighted by atomic mass is 10.2. The second-order valence-electron chi connectivity index (χ2n) is 4.07. The molecule has 0 N–H and O–H groups in total. The molecule has 1 aromatic heterocycles. The van der Waals surface area contributed by atoms with Crippen molar-refractivity contribution in [1.29, 1.82) is 0 Å². The minimum absolute atomic E-state index is 0.331. The Kier molecular flexibility index (Phi) is 5.28. The molecule has 0 fully saturated rings. The predicted octanol–water partition coefficient (Wildman–Crippen LogP) is 4.23. The predicted molar refractivity (Wildman–Crippen MR) is 80.8 cm³/mol. The lowest BCUT2D eigenvalue weighted by Crippen LogP contribution is -2.02. The first kappa shape index (κ1) is 14.9. The summed E-state index contributed by atoms with van der Waals surface area (Å²) < 4.78 is 7.90. The molecular formula is C13H13BrCl2N2O. The van der Waals surface area contributed by atoms with E-state index in [-0.39, 0.29) is 0 Å². The zero-order valence-electron chi connectivity index (χ0n) is 10.4. The Balaban J connectivity index is 2.27. The fourth-order valence-electron chi connectivity index (χ4n) is 1.78. The van der Waals surface area contributed by atoms with Gasteiger partial charge in [-0.15, -0.1) is 11.6 Å². The Bertz CT molecular complexity index is 555. The number of methoxy groups -OCH3 is 1. The van der Waals surface area contributed by atoms with Crippen LogP contribution in [0, 0.1) is 0 Å². The van der Waals surface area contributed by atoms with Crippen molar-refractivity contribution in [3.05, 3.63) is 50.7 Å². The summed E-state index contributed by atoms with van der Waals surface area (Å²) in [6.07, 6.45) is 0. The van der Waals surface area contributed by atoms with E-state index in [9.17, 15) is 0 Å². The molecule has 0 aliphatic heterocycles. The molecule has 6 heteroatoms. The largest absolute Gasteiger partial charge is 0.378 e. The number of alkyl halides is 1. The van der Waals surface area contributed by atoms with Crippen LogP contribution in [0.15, 0.2) is 28.7 Å². The van der Waals surface area contributed by atoms with Crippen molar-refractivity contribution in [2.45, 2.75) is 19.0 Å². The number of hydrogen-bond acceptors (Lipinski definition) is 2. The maximum absolute atomic E-state index is 6.30. The summed E-state index contributed by atoms with van der Waals surface area (Å²) in [6.45, 7) is 1.02. The summed E-state index contributed by atoms with van der Waals surface area (Å²) in [5, 5.41) is 5.03. The first-order valence-corrected chi connectivity index (χ1v) is 7.39. The minimum Gasteiger partial charge on any atom is -0.378 e. The van der Waals surface area contributed by atoms with Crippen LogP contribution in [-0.4, -0.2) is 16.9 Å². The van der Waals surface area contributed by atoms with Crippen molar-refractivity contribution >= 4 is 39.1 Å². The molecular weight excluding hydrogens is 351 g/mol. The molecule has 2 aromatic rings. The molecule has 19 heavy (non-hydrogen) atoms. The van der Waals surface area contributed by atoms with Crippen LogP contribution in [0.1, 0.15) is 16.8 Å². The van der Waals surface area contributed by atoms with Crippen molar-refractivity contribution in [3.8, 4) is 0 Å². The van der Waals surface area contributed by atoms with Crippen LogP contribution in [0.3, 0.4) is 0 Å². The number of rotatable bonds is 5. The molecule has 0 saturated heterocycles. The van der Waals surface area contributed by atoms with Gasteiger partial charge in [0, 0.05) is 17.1 Å². The van der Waals surface area contributed by atoms with E-state index in [1.807, 2.05) is 24.3 Å². The third-order valence-electron chi connectivity index (χ3n) is 2.73.